The van der Waals surface area contributed by atoms with Crippen LogP contribution in [-0.2, 0) is 0 Å². The third-order valence-electron chi connectivity index (χ3n) is 2.80. The van der Waals surface area contributed by atoms with Crippen molar-refractivity contribution in [2.75, 3.05) is 0 Å². The smallest absolute Gasteiger partial charge is 0.184 e. The number of halogens is 3. The number of rotatable bonds is 3. The molecule has 0 aliphatic rings. The molecule has 0 bridgehead atoms. The summed E-state index contributed by atoms with van der Waals surface area (Å²) in [6.45, 7) is 0. The Labute approximate surface area is 119 Å². The summed E-state index contributed by atoms with van der Waals surface area (Å²) in [5.41, 5.74) is 0.506. The molecule has 0 heterocycles. The summed E-state index contributed by atoms with van der Waals surface area (Å²) in [5.74, 6) is -2.70. The van der Waals surface area contributed by atoms with Gasteiger partial charge in [0, 0.05) is 5.56 Å². The second-order valence-corrected chi connectivity index (χ2v) is 4.51. The van der Waals surface area contributed by atoms with E-state index in [-0.39, 0.29) is 10.6 Å². The Morgan fingerprint density at radius 3 is 2.35 bits per heavy atom. The van der Waals surface area contributed by atoms with Crippen molar-refractivity contribution in [2.24, 2.45) is 0 Å². The molecule has 2 aromatic rings. The number of carbonyl (C=O) groups is 1. The van der Waals surface area contributed by atoms with E-state index < -0.39 is 23.3 Å². The lowest BCUT2D eigenvalue weighted by Gasteiger charge is -2.09. The summed E-state index contributed by atoms with van der Waals surface area (Å²) < 4.78 is 25.9. The first-order chi connectivity index (χ1) is 9.52. The zero-order valence-electron chi connectivity index (χ0n) is 10.1. The van der Waals surface area contributed by atoms with Crippen LogP contribution in [-0.4, -0.2) is 5.78 Å². The van der Waals surface area contributed by atoms with E-state index in [1.165, 1.54) is 36.4 Å². The van der Waals surface area contributed by atoms with E-state index in [0.29, 0.717) is 5.56 Å². The van der Waals surface area contributed by atoms with Gasteiger partial charge < -0.3 is 0 Å². The van der Waals surface area contributed by atoms with Crippen molar-refractivity contribution in [1.29, 1.82) is 5.26 Å². The van der Waals surface area contributed by atoms with E-state index in [1.807, 2.05) is 6.07 Å². The fraction of sp³-hybridized carbons (Fsp3) is 0.0667. The molecule has 0 radical (unpaired) electrons. The van der Waals surface area contributed by atoms with Crippen LogP contribution in [0.25, 0.3) is 0 Å². The van der Waals surface area contributed by atoms with Gasteiger partial charge in [-0.15, -0.1) is 0 Å². The van der Waals surface area contributed by atoms with Gasteiger partial charge in [0.2, 0.25) is 0 Å². The average Bonchev–Trinajstić information content (AvgIpc) is 2.44. The van der Waals surface area contributed by atoms with Gasteiger partial charge in [-0.2, -0.15) is 5.26 Å². The molecule has 0 aliphatic carbocycles. The van der Waals surface area contributed by atoms with Crippen LogP contribution in [0, 0.1) is 23.0 Å². The highest BCUT2D eigenvalue weighted by molar-refractivity contribution is 6.31. The fourth-order valence-corrected chi connectivity index (χ4v) is 1.94. The van der Waals surface area contributed by atoms with E-state index in [1.54, 1.807) is 0 Å². The lowest BCUT2D eigenvalue weighted by atomic mass is 9.92. The highest BCUT2D eigenvalue weighted by atomic mass is 35.5. The van der Waals surface area contributed by atoms with E-state index in [2.05, 4.69) is 0 Å². The number of nitriles is 1. The predicted octanol–water partition coefficient (Wildman–Crippen LogP) is 4.11. The van der Waals surface area contributed by atoms with Crippen LogP contribution >= 0.6 is 11.6 Å². The maximum atomic E-state index is 13.1. The molecule has 0 saturated heterocycles. The minimum absolute atomic E-state index is 0.132. The quantitative estimate of drug-likeness (QED) is 0.799. The van der Waals surface area contributed by atoms with Crippen molar-refractivity contribution in [3.63, 3.8) is 0 Å². The van der Waals surface area contributed by atoms with Gasteiger partial charge in [-0.1, -0.05) is 23.7 Å². The minimum atomic E-state index is -1.09. The van der Waals surface area contributed by atoms with Gasteiger partial charge in [-0.25, -0.2) is 8.78 Å². The number of nitrogens with zero attached hydrogens (tertiary/aromatic N) is 1. The predicted molar refractivity (Wildman–Crippen MR) is 70.5 cm³/mol. The Morgan fingerprint density at radius 1 is 1.15 bits per heavy atom. The van der Waals surface area contributed by atoms with Gasteiger partial charge in [0.1, 0.15) is 17.6 Å². The molecule has 1 unspecified atom stereocenters. The monoisotopic (exact) mass is 291 g/mol. The molecular formula is C15H8ClF2NO. The van der Waals surface area contributed by atoms with Crippen LogP contribution in [0.15, 0.2) is 42.5 Å². The summed E-state index contributed by atoms with van der Waals surface area (Å²) >= 11 is 5.61. The number of benzene rings is 2. The van der Waals surface area contributed by atoms with Gasteiger partial charge in [-0.05, 0) is 35.9 Å². The SMILES string of the molecule is N#CC(C(=O)c1ccc(F)c(Cl)c1)c1ccc(F)cc1. The first-order valence-corrected chi connectivity index (χ1v) is 6.05. The molecule has 20 heavy (non-hydrogen) atoms. The van der Waals surface area contributed by atoms with E-state index >= 15 is 0 Å². The highest BCUT2D eigenvalue weighted by Crippen LogP contribution is 2.23. The van der Waals surface area contributed by atoms with E-state index in [0.717, 1.165) is 6.07 Å². The first-order valence-electron chi connectivity index (χ1n) is 5.67. The maximum absolute atomic E-state index is 13.1. The molecule has 0 spiro atoms. The molecule has 2 rings (SSSR count). The lowest BCUT2D eigenvalue weighted by Crippen LogP contribution is -2.11. The zero-order valence-corrected chi connectivity index (χ0v) is 10.9. The largest absolute Gasteiger partial charge is 0.292 e. The Hall–Kier alpha value is -2.25. The van der Waals surface area contributed by atoms with Crippen molar-refractivity contribution in [2.45, 2.75) is 5.92 Å². The topological polar surface area (TPSA) is 40.9 Å². The molecule has 0 fully saturated rings. The summed E-state index contributed by atoms with van der Waals surface area (Å²) in [5, 5.41) is 8.94. The van der Waals surface area contributed by atoms with Crippen LogP contribution in [0.4, 0.5) is 8.78 Å². The minimum Gasteiger partial charge on any atom is -0.292 e. The molecular weight excluding hydrogens is 284 g/mol. The molecule has 0 saturated carbocycles. The van der Waals surface area contributed by atoms with Crippen molar-refractivity contribution in [1.82, 2.24) is 0 Å². The zero-order chi connectivity index (χ0) is 14.7. The van der Waals surface area contributed by atoms with Crippen LogP contribution in [0.5, 0.6) is 0 Å². The normalized spacial score (nSPS) is 11.7. The van der Waals surface area contributed by atoms with E-state index in [4.69, 9.17) is 16.9 Å². The molecule has 0 aliphatic heterocycles. The average molecular weight is 292 g/mol. The third-order valence-corrected chi connectivity index (χ3v) is 3.09. The van der Waals surface area contributed by atoms with Gasteiger partial charge in [0.05, 0.1) is 11.1 Å². The Kier molecular flexibility index (Phi) is 4.11. The van der Waals surface area contributed by atoms with Crippen molar-refractivity contribution in [3.05, 3.63) is 70.2 Å². The molecule has 0 amide bonds. The van der Waals surface area contributed by atoms with Crippen LogP contribution in [0.3, 0.4) is 0 Å². The van der Waals surface area contributed by atoms with Crippen molar-refractivity contribution < 1.29 is 13.6 Å². The lowest BCUT2D eigenvalue weighted by molar-refractivity contribution is 0.0979. The standard InChI is InChI=1S/C15H8ClF2NO/c16-13-7-10(3-6-14(13)18)15(20)12(8-19)9-1-4-11(17)5-2-9/h1-7,12H. The summed E-state index contributed by atoms with van der Waals surface area (Å²) in [6.07, 6.45) is 0. The first kappa shape index (κ1) is 14.2. The number of Topliss-reactive ketones (excluding diaryl/α,β-unsaturated/α-hetero) is 1. The second kappa shape index (κ2) is 5.81. The van der Waals surface area contributed by atoms with Gasteiger partial charge in [0.15, 0.2) is 5.78 Å². The second-order valence-electron chi connectivity index (χ2n) is 4.11. The Bertz CT molecular complexity index is 692. The van der Waals surface area contributed by atoms with Crippen molar-refractivity contribution in [3.8, 4) is 6.07 Å². The Morgan fingerprint density at radius 2 is 1.80 bits per heavy atom. The summed E-state index contributed by atoms with van der Waals surface area (Å²) in [7, 11) is 0. The third kappa shape index (κ3) is 2.84. The highest BCUT2D eigenvalue weighted by Gasteiger charge is 2.22. The molecule has 0 aromatic heterocycles. The number of hydrogen-bond donors (Lipinski definition) is 0. The summed E-state index contributed by atoms with van der Waals surface area (Å²) in [4.78, 5) is 12.2. The maximum Gasteiger partial charge on any atom is 0.184 e. The van der Waals surface area contributed by atoms with Crippen LogP contribution in [0.1, 0.15) is 21.8 Å². The molecule has 0 N–H and O–H groups in total. The molecule has 2 aromatic carbocycles. The van der Waals surface area contributed by atoms with E-state index in [9.17, 15) is 13.6 Å². The number of carbonyl (C=O) groups excluding carboxylic acids is 1. The van der Waals surface area contributed by atoms with Gasteiger partial charge >= 0.3 is 0 Å². The molecule has 5 heteroatoms. The van der Waals surface area contributed by atoms with Gasteiger partial charge in [0.25, 0.3) is 0 Å². The number of hydrogen-bond acceptors (Lipinski definition) is 2. The Balaban J connectivity index is 2.36. The molecule has 1 atom stereocenters. The summed E-state index contributed by atoms with van der Waals surface area (Å²) in [6, 6.07) is 10.4. The van der Waals surface area contributed by atoms with Crippen LogP contribution < -0.4 is 0 Å². The molecule has 2 nitrogen and oxygen atoms in total. The van der Waals surface area contributed by atoms with Gasteiger partial charge in [-0.3, -0.25) is 4.79 Å². The fourth-order valence-electron chi connectivity index (χ4n) is 1.76. The number of ketones is 1. The van der Waals surface area contributed by atoms with Crippen molar-refractivity contribution >= 4 is 17.4 Å². The molecule has 100 valence electrons. The van der Waals surface area contributed by atoms with Crippen LogP contribution in [0.2, 0.25) is 5.02 Å².